The van der Waals surface area contributed by atoms with Gasteiger partial charge in [0.15, 0.2) is 6.19 Å². The molecule has 1 aromatic rings. The second-order valence-electron chi connectivity index (χ2n) is 5.07. The Morgan fingerprint density at radius 3 is 2.61 bits per heavy atom. The highest BCUT2D eigenvalue weighted by Gasteiger charge is 2.35. The Hall–Kier alpha value is -2.94. The number of esters is 1. The minimum atomic E-state index is -0.546. The number of rotatable bonds is 4. The van der Waals surface area contributed by atoms with Crippen molar-refractivity contribution in [2.75, 3.05) is 6.61 Å². The lowest BCUT2D eigenvalue weighted by Gasteiger charge is -2.29. The molecule has 2 N–H and O–H groups in total. The predicted octanol–water partition coefficient (Wildman–Crippen LogP) is 2.65. The summed E-state index contributed by atoms with van der Waals surface area (Å²) in [6, 6.07) is 6.55. The Bertz CT molecular complexity index is 711. The zero-order valence-electron chi connectivity index (χ0n) is 13.2. The van der Waals surface area contributed by atoms with Crippen molar-refractivity contribution in [1.82, 2.24) is 5.32 Å². The predicted molar refractivity (Wildman–Crippen MR) is 82.7 cm³/mol. The maximum atomic E-state index is 12.4. The van der Waals surface area contributed by atoms with Crippen molar-refractivity contribution in [3.05, 3.63) is 52.6 Å². The second kappa shape index (κ2) is 6.88. The van der Waals surface area contributed by atoms with Crippen molar-refractivity contribution in [2.45, 2.75) is 26.7 Å². The van der Waals surface area contributed by atoms with Gasteiger partial charge in [0.2, 0.25) is 5.88 Å². The number of carbonyl (C=O) groups is 1. The highest BCUT2D eigenvalue weighted by atomic mass is 16.5. The molecule has 1 heterocycles. The molecule has 0 amide bonds. The van der Waals surface area contributed by atoms with E-state index in [2.05, 4.69) is 5.32 Å². The summed E-state index contributed by atoms with van der Waals surface area (Å²) >= 11 is 0. The fraction of sp³-hybridized carbons (Fsp3) is 0.294. The van der Waals surface area contributed by atoms with Crippen LogP contribution in [0.3, 0.4) is 0 Å². The first-order valence-corrected chi connectivity index (χ1v) is 7.20. The molecule has 0 fully saturated rings. The number of allylic oxidation sites excluding steroid dienone is 2. The number of nitrogens with one attached hydrogen (secondary N) is 1. The number of phenolic OH excluding ortho intramolecular Hbond substituents is 1. The molecule has 23 heavy (non-hydrogen) atoms. The van der Waals surface area contributed by atoms with Crippen molar-refractivity contribution in [3.8, 4) is 11.9 Å². The van der Waals surface area contributed by atoms with E-state index in [0.717, 1.165) is 11.1 Å². The van der Waals surface area contributed by atoms with E-state index in [1.54, 1.807) is 44.3 Å². The summed E-state index contributed by atoms with van der Waals surface area (Å²) in [5, 5.41) is 20.8. The van der Waals surface area contributed by atoms with Gasteiger partial charge < -0.3 is 14.6 Å². The minimum absolute atomic E-state index is 0.0760. The minimum Gasteiger partial charge on any atom is -0.508 e. The molecule has 2 rings (SSSR count). The van der Waals surface area contributed by atoms with Crippen LogP contribution in [0.5, 0.6) is 5.75 Å². The quantitative estimate of drug-likeness (QED) is 0.504. The highest BCUT2D eigenvalue weighted by Crippen LogP contribution is 2.40. The number of ether oxygens (including phenoxy) is 2. The van der Waals surface area contributed by atoms with Crippen molar-refractivity contribution in [3.63, 3.8) is 0 Å². The molecular weight excluding hydrogens is 296 g/mol. The van der Waals surface area contributed by atoms with Gasteiger partial charge >= 0.3 is 5.97 Å². The Morgan fingerprint density at radius 2 is 2.04 bits per heavy atom. The summed E-state index contributed by atoms with van der Waals surface area (Å²) in [6.07, 6.45) is 1.78. The highest BCUT2D eigenvalue weighted by molar-refractivity contribution is 5.92. The fourth-order valence-electron chi connectivity index (χ4n) is 2.49. The molecule has 6 nitrogen and oxygen atoms in total. The summed E-state index contributed by atoms with van der Waals surface area (Å²) < 4.78 is 10.7. The van der Waals surface area contributed by atoms with Crippen LogP contribution in [-0.2, 0) is 14.3 Å². The van der Waals surface area contributed by atoms with Crippen LogP contribution in [0, 0.1) is 11.5 Å². The smallest absolute Gasteiger partial charge is 0.340 e. The van der Waals surface area contributed by atoms with Gasteiger partial charge in [0.1, 0.15) is 17.1 Å². The lowest BCUT2D eigenvalue weighted by Crippen LogP contribution is -2.27. The van der Waals surface area contributed by atoms with Gasteiger partial charge in [-0.25, -0.2) is 4.79 Å². The van der Waals surface area contributed by atoms with Gasteiger partial charge in [-0.2, -0.15) is 5.26 Å². The van der Waals surface area contributed by atoms with Gasteiger partial charge in [0.05, 0.1) is 6.61 Å². The summed E-state index contributed by atoms with van der Waals surface area (Å²) in [6.45, 7) is 5.55. The van der Waals surface area contributed by atoms with E-state index in [-0.39, 0.29) is 23.8 Å². The van der Waals surface area contributed by atoms with Crippen molar-refractivity contribution >= 4 is 5.97 Å². The van der Waals surface area contributed by atoms with E-state index in [9.17, 15) is 9.90 Å². The van der Waals surface area contributed by atoms with Gasteiger partial charge in [0, 0.05) is 5.92 Å². The summed E-state index contributed by atoms with van der Waals surface area (Å²) in [7, 11) is 0. The number of hydrogen-bond donors (Lipinski definition) is 2. The lowest BCUT2D eigenvalue weighted by atomic mass is 9.83. The number of carbonyl (C=O) groups excluding carboxylic acids is 1. The van der Waals surface area contributed by atoms with Gasteiger partial charge in [-0.15, -0.1) is 0 Å². The maximum Gasteiger partial charge on any atom is 0.340 e. The fourth-order valence-corrected chi connectivity index (χ4v) is 2.49. The molecule has 1 aliphatic rings. The molecule has 0 radical (unpaired) electrons. The molecule has 1 atom stereocenters. The van der Waals surface area contributed by atoms with Crippen molar-refractivity contribution in [2.24, 2.45) is 0 Å². The molecule has 0 aromatic heterocycles. The molecule has 0 saturated carbocycles. The maximum absolute atomic E-state index is 12.4. The molecule has 6 heteroatoms. The van der Waals surface area contributed by atoms with Crippen LogP contribution < -0.4 is 5.32 Å². The van der Waals surface area contributed by atoms with Crippen LogP contribution in [0.15, 0.2) is 47.1 Å². The second-order valence-corrected chi connectivity index (χ2v) is 5.07. The van der Waals surface area contributed by atoms with Crippen LogP contribution in [-0.4, -0.2) is 17.7 Å². The molecule has 1 aromatic carbocycles. The van der Waals surface area contributed by atoms with E-state index in [1.165, 1.54) is 0 Å². The molecule has 0 aliphatic carbocycles. The van der Waals surface area contributed by atoms with Crippen LogP contribution in [0.25, 0.3) is 0 Å². The first-order chi connectivity index (χ1) is 11.0. The van der Waals surface area contributed by atoms with E-state index in [4.69, 9.17) is 14.7 Å². The summed E-state index contributed by atoms with van der Waals surface area (Å²) in [5.41, 5.74) is 1.87. The third kappa shape index (κ3) is 3.29. The topological polar surface area (TPSA) is 91.6 Å². The lowest BCUT2D eigenvalue weighted by molar-refractivity contribution is -0.139. The summed E-state index contributed by atoms with van der Waals surface area (Å²) in [4.78, 5) is 12.4. The Labute approximate surface area is 134 Å². The number of hydrogen-bond acceptors (Lipinski definition) is 6. The largest absolute Gasteiger partial charge is 0.508 e. The first-order valence-electron chi connectivity index (χ1n) is 7.20. The summed E-state index contributed by atoms with van der Waals surface area (Å²) in [5.74, 6) is -0.147. The number of aromatic hydroxyl groups is 1. The first kappa shape index (κ1) is 16.4. The molecule has 0 bridgehead atoms. The van der Waals surface area contributed by atoms with E-state index >= 15 is 0 Å². The Morgan fingerprint density at radius 1 is 1.39 bits per heavy atom. The van der Waals surface area contributed by atoms with E-state index in [1.807, 2.05) is 6.92 Å². The molecule has 1 aliphatic heterocycles. The van der Waals surface area contributed by atoms with Crippen molar-refractivity contribution in [1.29, 1.82) is 5.26 Å². The zero-order chi connectivity index (χ0) is 17.0. The third-order valence-electron chi connectivity index (χ3n) is 3.67. The van der Waals surface area contributed by atoms with Crippen LogP contribution in [0.2, 0.25) is 0 Å². The van der Waals surface area contributed by atoms with E-state index in [0.29, 0.717) is 5.76 Å². The molecule has 0 saturated heterocycles. The van der Waals surface area contributed by atoms with Crippen LogP contribution in [0.1, 0.15) is 32.3 Å². The van der Waals surface area contributed by atoms with Gasteiger partial charge in [-0.3, -0.25) is 5.32 Å². The van der Waals surface area contributed by atoms with Crippen molar-refractivity contribution < 1.29 is 19.4 Å². The molecule has 0 spiro atoms. The standard InChI is InChI=1S/C17H18N2O4/c1-4-22-17(21)15-14(12-5-7-13(20)8-6-12)10(2)11(3)23-16(15)19-9-18/h5-8,14,19-20H,4H2,1-3H3/t14-/m1/s1. The average Bonchev–Trinajstić information content (AvgIpc) is 2.52. The molecule has 0 unspecified atom stereocenters. The number of nitrogens with zero attached hydrogens (tertiary/aromatic N) is 1. The normalized spacial score (nSPS) is 17.4. The monoisotopic (exact) mass is 314 g/mol. The van der Waals surface area contributed by atoms with Gasteiger partial charge in [-0.1, -0.05) is 12.1 Å². The van der Waals surface area contributed by atoms with Gasteiger partial charge in [0.25, 0.3) is 0 Å². The number of benzene rings is 1. The third-order valence-corrected chi connectivity index (χ3v) is 3.67. The zero-order valence-corrected chi connectivity index (χ0v) is 13.2. The Balaban J connectivity index is 2.59. The molecule has 120 valence electrons. The SMILES string of the molecule is CCOC(=O)C1=C(NC#N)OC(C)=C(C)[C@@H]1c1ccc(O)cc1. The Kier molecular flexibility index (Phi) is 4.91. The van der Waals surface area contributed by atoms with Crippen LogP contribution >= 0.6 is 0 Å². The van der Waals surface area contributed by atoms with Gasteiger partial charge in [-0.05, 0) is 44.0 Å². The average molecular weight is 314 g/mol. The number of phenols is 1. The van der Waals surface area contributed by atoms with Crippen LogP contribution in [0.4, 0.5) is 0 Å². The van der Waals surface area contributed by atoms with E-state index < -0.39 is 11.9 Å². The number of nitriles is 1. The molecular formula is C17H18N2O4.